The van der Waals surface area contributed by atoms with Crippen molar-refractivity contribution in [3.05, 3.63) is 0 Å². The summed E-state index contributed by atoms with van der Waals surface area (Å²) in [5.41, 5.74) is 5.59. The lowest BCUT2D eigenvalue weighted by Gasteiger charge is -2.27. The minimum Gasteiger partial charge on any atom is -0.329 e. The van der Waals surface area contributed by atoms with E-state index in [9.17, 15) is 0 Å². The Kier molecular flexibility index (Phi) is 5.64. The minimum absolute atomic E-state index is 0.593. The third-order valence-electron chi connectivity index (χ3n) is 2.07. The number of hydrogen-bond acceptors (Lipinski definition) is 2. The van der Waals surface area contributed by atoms with Gasteiger partial charge in [0.2, 0.25) is 0 Å². The van der Waals surface area contributed by atoms with Crippen LogP contribution in [0.4, 0.5) is 0 Å². The minimum atomic E-state index is 0.593. The number of nitrogens with zero attached hydrogens (tertiary/aromatic N) is 1. The zero-order chi connectivity index (χ0) is 7.98. The van der Waals surface area contributed by atoms with E-state index in [0.717, 1.165) is 26.1 Å². The first-order valence-corrected chi connectivity index (χ1v) is 4.24. The van der Waals surface area contributed by atoms with Crippen molar-refractivity contribution < 1.29 is 0 Å². The molecule has 2 N–H and O–H groups in total. The highest BCUT2D eigenvalue weighted by atomic mass is 15.1. The van der Waals surface area contributed by atoms with E-state index in [1.807, 2.05) is 0 Å². The summed E-state index contributed by atoms with van der Waals surface area (Å²) in [6, 6.07) is 0.593. The lowest BCUT2D eigenvalue weighted by atomic mass is 10.2. The molecule has 2 heteroatoms. The van der Waals surface area contributed by atoms with Crippen LogP contribution in [0.1, 0.15) is 27.2 Å². The third kappa shape index (κ3) is 2.67. The van der Waals surface area contributed by atoms with E-state index in [1.54, 1.807) is 0 Å². The Hall–Kier alpha value is -0.0800. The molecular weight excluding hydrogens is 124 g/mol. The highest BCUT2D eigenvalue weighted by Gasteiger charge is 2.09. The van der Waals surface area contributed by atoms with Crippen molar-refractivity contribution >= 4 is 0 Å². The first-order chi connectivity index (χ1) is 4.79. The normalized spacial score (nSPS) is 14.1. The van der Waals surface area contributed by atoms with Gasteiger partial charge in [0.15, 0.2) is 0 Å². The molecule has 0 aliphatic rings. The molecule has 10 heavy (non-hydrogen) atoms. The van der Waals surface area contributed by atoms with Gasteiger partial charge >= 0.3 is 0 Å². The Morgan fingerprint density at radius 3 is 1.80 bits per heavy atom. The molecule has 0 rings (SSSR count). The third-order valence-corrected chi connectivity index (χ3v) is 2.07. The van der Waals surface area contributed by atoms with Gasteiger partial charge in [-0.25, -0.2) is 0 Å². The van der Waals surface area contributed by atoms with Gasteiger partial charge in [0, 0.05) is 12.6 Å². The summed E-state index contributed by atoms with van der Waals surface area (Å²) < 4.78 is 0. The Bertz CT molecular complexity index is 55.7. The quantitative estimate of drug-likeness (QED) is 0.625. The van der Waals surface area contributed by atoms with Crippen LogP contribution in [0.15, 0.2) is 0 Å². The molecule has 0 unspecified atom stereocenters. The maximum atomic E-state index is 5.59. The molecule has 0 heterocycles. The molecule has 0 saturated heterocycles. The predicted octanol–water partition coefficient (Wildman–Crippen LogP) is 1.07. The van der Waals surface area contributed by atoms with Gasteiger partial charge in [-0.15, -0.1) is 0 Å². The molecule has 0 aromatic carbocycles. The van der Waals surface area contributed by atoms with E-state index >= 15 is 0 Å². The molecule has 1 atom stereocenters. The smallest absolute Gasteiger partial charge is 0.0215 e. The van der Waals surface area contributed by atoms with Crippen LogP contribution in [0.5, 0.6) is 0 Å². The average molecular weight is 144 g/mol. The Labute approximate surface area is 64.4 Å². The van der Waals surface area contributed by atoms with Gasteiger partial charge in [-0.1, -0.05) is 20.8 Å². The molecule has 62 valence electrons. The van der Waals surface area contributed by atoms with Crippen molar-refractivity contribution in [1.82, 2.24) is 4.90 Å². The topological polar surface area (TPSA) is 29.3 Å². The maximum absolute atomic E-state index is 5.59. The fourth-order valence-corrected chi connectivity index (χ4v) is 1.31. The standard InChI is InChI=1S/C8H20N2/c1-4-8(7-9)10(5-2)6-3/h8H,4-7,9H2,1-3H3/t8-/m0/s1. The molecular formula is C8H20N2. The van der Waals surface area contributed by atoms with E-state index in [1.165, 1.54) is 0 Å². The predicted molar refractivity (Wildman–Crippen MR) is 46.1 cm³/mol. The second-order valence-electron chi connectivity index (χ2n) is 2.52. The summed E-state index contributed by atoms with van der Waals surface area (Å²) in [7, 11) is 0. The summed E-state index contributed by atoms with van der Waals surface area (Å²) in [5, 5.41) is 0. The van der Waals surface area contributed by atoms with E-state index in [2.05, 4.69) is 25.7 Å². The highest BCUT2D eigenvalue weighted by molar-refractivity contribution is 4.67. The molecule has 2 nitrogen and oxygen atoms in total. The zero-order valence-corrected chi connectivity index (χ0v) is 7.43. The molecule has 0 fully saturated rings. The van der Waals surface area contributed by atoms with Crippen molar-refractivity contribution in [2.75, 3.05) is 19.6 Å². The Morgan fingerprint density at radius 1 is 1.20 bits per heavy atom. The van der Waals surface area contributed by atoms with Crippen LogP contribution in [0.3, 0.4) is 0 Å². The van der Waals surface area contributed by atoms with Crippen LogP contribution in [0.25, 0.3) is 0 Å². The van der Waals surface area contributed by atoms with Gasteiger partial charge in [-0.2, -0.15) is 0 Å². The number of nitrogens with two attached hydrogens (primary N) is 1. The monoisotopic (exact) mass is 144 g/mol. The van der Waals surface area contributed by atoms with E-state index in [4.69, 9.17) is 5.73 Å². The van der Waals surface area contributed by atoms with Crippen molar-refractivity contribution in [2.45, 2.75) is 33.2 Å². The van der Waals surface area contributed by atoms with Gasteiger partial charge < -0.3 is 5.73 Å². The SMILES string of the molecule is CC[C@@H](CN)N(CC)CC. The van der Waals surface area contributed by atoms with Gasteiger partial charge in [0.25, 0.3) is 0 Å². The second-order valence-corrected chi connectivity index (χ2v) is 2.52. The molecule has 0 aromatic rings. The van der Waals surface area contributed by atoms with Crippen LogP contribution in [0.2, 0.25) is 0 Å². The molecule has 0 aromatic heterocycles. The average Bonchev–Trinajstić information content (AvgIpc) is 2.00. The molecule has 0 bridgehead atoms. The van der Waals surface area contributed by atoms with Crippen molar-refractivity contribution in [3.8, 4) is 0 Å². The van der Waals surface area contributed by atoms with Crippen molar-refractivity contribution in [3.63, 3.8) is 0 Å². The maximum Gasteiger partial charge on any atom is 0.0215 e. The lowest BCUT2D eigenvalue weighted by Crippen LogP contribution is -2.39. The van der Waals surface area contributed by atoms with Gasteiger partial charge in [-0.3, -0.25) is 4.90 Å². The van der Waals surface area contributed by atoms with Crippen LogP contribution in [-0.2, 0) is 0 Å². The largest absolute Gasteiger partial charge is 0.329 e. The van der Waals surface area contributed by atoms with E-state index < -0.39 is 0 Å². The van der Waals surface area contributed by atoms with Gasteiger partial charge in [-0.05, 0) is 19.5 Å². The van der Waals surface area contributed by atoms with Crippen LogP contribution in [0, 0.1) is 0 Å². The zero-order valence-electron chi connectivity index (χ0n) is 7.43. The molecule has 0 spiro atoms. The van der Waals surface area contributed by atoms with Crippen molar-refractivity contribution in [2.24, 2.45) is 5.73 Å². The van der Waals surface area contributed by atoms with E-state index in [0.29, 0.717) is 6.04 Å². The molecule has 0 aliphatic heterocycles. The first-order valence-electron chi connectivity index (χ1n) is 4.24. The van der Waals surface area contributed by atoms with Crippen LogP contribution >= 0.6 is 0 Å². The van der Waals surface area contributed by atoms with Gasteiger partial charge in [0.05, 0.1) is 0 Å². The molecule has 0 aliphatic carbocycles. The summed E-state index contributed by atoms with van der Waals surface area (Å²) in [6.07, 6.45) is 1.16. The summed E-state index contributed by atoms with van der Waals surface area (Å²) >= 11 is 0. The molecule has 0 amide bonds. The molecule has 0 saturated carbocycles. The number of likely N-dealkylation sites (N-methyl/N-ethyl adjacent to an activating group) is 1. The van der Waals surface area contributed by atoms with Crippen LogP contribution < -0.4 is 5.73 Å². The number of rotatable bonds is 5. The Balaban J connectivity index is 3.70. The first kappa shape index (κ1) is 9.92. The lowest BCUT2D eigenvalue weighted by molar-refractivity contribution is 0.216. The number of hydrogen-bond donors (Lipinski definition) is 1. The van der Waals surface area contributed by atoms with Crippen molar-refractivity contribution in [1.29, 1.82) is 0 Å². The summed E-state index contributed by atoms with van der Waals surface area (Å²) in [6.45, 7) is 9.58. The van der Waals surface area contributed by atoms with E-state index in [-0.39, 0.29) is 0 Å². The van der Waals surface area contributed by atoms with Gasteiger partial charge in [0.1, 0.15) is 0 Å². The van der Waals surface area contributed by atoms with Crippen LogP contribution in [-0.4, -0.2) is 30.6 Å². The Morgan fingerprint density at radius 2 is 1.70 bits per heavy atom. The fourth-order valence-electron chi connectivity index (χ4n) is 1.31. The second kappa shape index (κ2) is 5.69. The molecule has 0 radical (unpaired) electrons. The highest BCUT2D eigenvalue weighted by Crippen LogP contribution is 2.00. The fraction of sp³-hybridized carbons (Fsp3) is 1.00. The summed E-state index contributed by atoms with van der Waals surface area (Å²) in [5.74, 6) is 0. The summed E-state index contributed by atoms with van der Waals surface area (Å²) in [4.78, 5) is 2.40.